The maximum absolute atomic E-state index is 13.9. The van der Waals surface area contributed by atoms with Gasteiger partial charge in [-0.25, -0.2) is 4.39 Å². The highest BCUT2D eigenvalue weighted by Gasteiger charge is 2.52. The van der Waals surface area contributed by atoms with Crippen molar-refractivity contribution in [3.8, 4) is 0 Å². The Hall–Kier alpha value is -2.33. The number of pyridine rings is 1. The van der Waals surface area contributed by atoms with Crippen LogP contribution in [0.15, 0.2) is 42.7 Å². The van der Waals surface area contributed by atoms with Gasteiger partial charge in [-0.2, -0.15) is 0 Å². The second kappa shape index (κ2) is 8.47. The number of aliphatic hydroxyl groups excluding tert-OH is 1. The number of aromatic nitrogens is 1. The summed E-state index contributed by atoms with van der Waals surface area (Å²) in [5, 5.41) is 9.76. The lowest BCUT2D eigenvalue weighted by atomic mass is 9.54. The summed E-state index contributed by atoms with van der Waals surface area (Å²) in [6.45, 7) is 6.04. The Kier molecular flexibility index (Phi) is 5.76. The molecule has 1 aromatic carbocycles. The van der Waals surface area contributed by atoms with E-state index in [4.69, 9.17) is 0 Å². The Bertz CT molecular complexity index is 1110. The van der Waals surface area contributed by atoms with Crippen LogP contribution in [0.5, 0.6) is 0 Å². The van der Waals surface area contributed by atoms with Crippen LogP contribution in [0.4, 0.5) is 4.39 Å². The van der Waals surface area contributed by atoms with E-state index in [-0.39, 0.29) is 22.9 Å². The molecule has 33 heavy (non-hydrogen) atoms. The first-order chi connectivity index (χ1) is 15.8. The van der Waals surface area contributed by atoms with Crippen LogP contribution in [0, 0.1) is 29.0 Å². The average Bonchev–Trinajstić information content (AvgIpc) is 3.15. The Labute approximate surface area is 196 Å². The predicted molar refractivity (Wildman–Crippen MR) is 128 cm³/mol. The molecule has 1 fully saturated rings. The van der Waals surface area contributed by atoms with Gasteiger partial charge < -0.3 is 5.11 Å². The molecule has 4 heteroatoms. The van der Waals surface area contributed by atoms with E-state index in [9.17, 15) is 14.3 Å². The number of halogens is 1. The number of carbonyl (C=O) groups excluding carboxylic acids is 1. The number of allylic oxidation sites excluding steroid dienone is 2. The number of Topliss-reactive ketones (excluding diaryl/α,β-unsaturated/α-hetero) is 1. The number of fused-ring (bicyclic) bond motifs is 5. The lowest BCUT2D eigenvalue weighted by Gasteiger charge is -2.50. The molecule has 2 aromatic rings. The SMILES string of the molecule is C[C@H](O)[C@H](C)CC(=O)c1ccc2c(c1)CC[C@@H]1[C@@H]2CC[C@]2(C)C(c3cncc(F)c3)=CC[C@@H]12. The van der Waals surface area contributed by atoms with Crippen LogP contribution in [0.1, 0.15) is 85.8 Å². The molecule has 0 radical (unpaired) electrons. The fourth-order valence-corrected chi connectivity index (χ4v) is 6.91. The van der Waals surface area contributed by atoms with Gasteiger partial charge in [0.15, 0.2) is 5.78 Å². The minimum Gasteiger partial charge on any atom is -0.393 e. The van der Waals surface area contributed by atoms with Crippen molar-refractivity contribution >= 4 is 11.4 Å². The van der Waals surface area contributed by atoms with Crippen molar-refractivity contribution in [3.63, 3.8) is 0 Å². The zero-order valence-corrected chi connectivity index (χ0v) is 19.9. The number of hydrogen-bond donors (Lipinski definition) is 1. The zero-order valence-electron chi connectivity index (χ0n) is 19.9. The zero-order chi connectivity index (χ0) is 23.3. The summed E-state index contributed by atoms with van der Waals surface area (Å²) in [5.74, 6) is 1.53. The van der Waals surface area contributed by atoms with Gasteiger partial charge in [0.25, 0.3) is 0 Å². The summed E-state index contributed by atoms with van der Waals surface area (Å²) in [5.41, 5.74) is 5.82. The van der Waals surface area contributed by atoms with E-state index in [1.165, 1.54) is 22.9 Å². The van der Waals surface area contributed by atoms with Gasteiger partial charge in [0.2, 0.25) is 0 Å². The van der Waals surface area contributed by atoms with Gasteiger partial charge in [-0.05, 0) is 103 Å². The second-order valence-electron chi connectivity index (χ2n) is 10.9. The van der Waals surface area contributed by atoms with Gasteiger partial charge in [-0.1, -0.05) is 32.1 Å². The van der Waals surface area contributed by atoms with Crippen molar-refractivity contribution < 1.29 is 14.3 Å². The van der Waals surface area contributed by atoms with Gasteiger partial charge in [0.05, 0.1) is 12.3 Å². The van der Waals surface area contributed by atoms with E-state index >= 15 is 0 Å². The topological polar surface area (TPSA) is 50.2 Å². The molecule has 0 saturated heterocycles. The van der Waals surface area contributed by atoms with E-state index in [0.717, 1.165) is 43.2 Å². The highest BCUT2D eigenvalue weighted by atomic mass is 19.1. The maximum atomic E-state index is 13.9. The van der Waals surface area contributed by atoms with Gasteiger partial charge in [-0.15, -0.1) is 0 Å². The van der Waals surface area contributed by atoms with Crippen molar-refractivity contribution in [3.05, 3.63) is 70.8 Å². The molecular weight excluding hydrogens is 413 g/mol. The first-order valence-corrected chi connectivity index (χ1v) is 12.4. The highest BCUT2D eigenvalue weighted by Crippen LogP contribution is 2.63. The summed E-state index contributed by atoms with van der Waals surface area (Å²) in [6, 6.07) is 7.95. The molecule has 0 amide bonds. The number of aryl methyl sites for hydroxylation is 1. The third-order valence-electron chi connectivity index (χ3n) is 8.98. The van der Waals surface area contributed by atoms with Gasteiger partial charge in [0.1, 0.15) is 5.82 Å². The monoisotopic (exact) mass is 447 g/mol. The lowest BCUT2D eigenvalue weighted by Crippen LogP contribution is -2.41. The van der Waals surface area contributed by atoms with E-state index in [2.05, 4.69) is 30.1 Å². The molecule has 1 N–H and O–H groups in total. The molecule has 0 spiro atoms. The number of benzene rings is 1. The number of ketones is 1. The largest absolute Gasteiger partial charge is 0.393 e. The standard InChI is InChI=1S/C29H34FNO2/c1-17(18(2)32)12-28(33)20-5-6-23-19(13-20)4-7-25-24(23)10-11-29(3)26(8-9-27(25)29)21-14-22(30)16-31-15-21/h5-6,8,13-18,24-25,27,32H,4,7,9-12H2,1-3H3/t17-,18+,24-,25-,27+,29-/m1/s1. The quantitative estimate of drug-likeness (QED) is 0.543. The van der Waals surface area contributed by atoms with Crippen molar-refractivity contribution in [2.24, 2.45) is 23.2 Å². The van der Waals surface area contributed by atoms with E-state index in [0.29, 0.717) is 24.2 Å². The summed E-state index contributed by atoms with van der Waals surface area (Å²) < 4.78 is 13.9. The molecule has 3 aliphatic carbocycles. The molecule has 1 aromatic heterocycles. The average molecular weight is 448 g/mol. The highest BCUT2D eigenvalue weighted by molar-refractivity contribution is 5.96. The van der Waals surface area contributed by atoms with Gasteiger partial charge in [0, 0.05) is 18.2 Å². The molecule has 0 bridgehead atoms. The molecule has 6 atom stereocenters. The lowest BCUT2D eigenvalue weighted by molar-refractivity contribution is 0.0864. The first-order valence-electron chi connectivity index (χ1n) is 12.4. The molecule has 3 nitrogen and oxygen atoms in total. The molecule has 0 aliphatic heterocycles. The van der Waals surface area contributed by atoms with Crippen LogP contribution in [0.2, 0.25) is 0 Å². The van der Waals surface area contributed by atoms with Crippen LogP contribution in [-0.2, 0) is 6.42 Å². The minimum atomic E-state index is -0.475. The number of carbonyl (C=O) groups is 1. The molecule has 1 heterocycles. The molecule has 0 unspecified atom stereocenters. The summed E-state index contributed by atoms with van der Waals surface area (Å²) in [7, 11) is 0. The second-order valence-corrected chi connectivity index (χ2v) is 10.9. The first kappa shape index (κ1) is 22.5. The Balaban J connectivity index is 1.37. The molecule has 3 aliphatic rings. The van der Waals surface area contributed by atoms with E-state index in [1.54, 1.807) is 13.0 Å². The van der Waals surface area contributed by atoms with Gasteiger partial charge in [-0.3, -0.25) is 9.78 Å². The fourth-order valence-electron chi connectivity index (χ4n) is 6.91. The summed E-state index contributed by atoms with van der Waals surface area (Å²) in [4.78, 5) is 16.9. The maximum Gasteiger partial charge on any atom is 0.163 e. The van der Waals surface area contributed by atoms with Crippen molar-refractivity contribution in [2.45, 2.75) is 71.3 Å². The summed E-state index contributed by atoms with van der Waals surface area (Å²) >= 11 is 0. The predicted octanol–water partition coefficient (Wildman–Crippen LogP) is 6.36. The Morgan fingerprint density at radius 3 is 2.82 bits per heavy atom. The van der Waals surface area contributed by atoms with Crippen LogP contribution in [-0.4, -0.2) is 22.0 Å². The molecule has 174 valence electrons. The van der Waals surface area contributed by atoms with Crippen LogP contribution in [0.25, 0.3) is 5.57 Å². The third kappa shape index (κ3) is 3.86. The third-order valence-corrected chi connectivity index (χ3v) is 8.98. The Morgan fingerprint density at radius 2 is 2.06 bits per heavy atom. The van der Waals surface area contributed by atoms with Gasteiger partial charge >= 0.3 is 0 Å². The van der Waals surface area contributed by atoms with E-state index < -0.39 is 6.10 Å². The van der Waals surface area contributed by atoms with Crippen LogP contribution < -0.4 is 0 Å². The number of rotatable bonds is 5. The van der Waals surface area contributed by atoms with E-state index in [1.807, 2.05) is 19.2 Å². The Morgan fingerprint density at radius 1 is 1.24 bits per heavy atom. The van der Waals surface area contributed by atoms with Crippen molar-refractivity contribution in [2.75, 3.05) is 0 Å². The number of hydrogen-bond acceptors (Lipinski definition) is 3. The fraction of sp³-hybridized carbons (Fsp3) is 0.517. The van der Waals surface area contributed by atoms with Crippen molar-refractivity contribution in [1.29, 1.82) is 0 Å². The number of aliphatic hydroxyl groups is 1. The molecule has 5 rings (SSSR count). The number of nitrogens with zero attached hydrogens (tertiary/aromatic N) is 1. The normalized spacial score (nSPS) is 30.0. The van der Waals surface area contributed by atoms with Crippen LogP contribution >= 0.6 is 0 Å². The molecule has 1 saturated carbocycles. The minimum absolute atomic E-state index is 0.0358. The molecular formula is C29H34FNO2. The summed E-state index contributed by atoms with van der Waals surface area (Å²) in [6.07, 6.45) is 10.7. The van der Waals surface area contributed by atoms with Crippen LogP contribution in [0.3, 0.4) is 0 Å². The smallest absolute Gasteiger partial charge is 0.163 e. The van der Waals surface area contributed by atoms with Crippen molar-refractivity contribution in [1.82, 2.24) is 4.98 Å².